The second-order valence-corrected chi connectivity index (χ2v) is 7.27. The third-order valence-corrected chi connectivity index (χ3v) is 5.24. The number of carbonyl (C=O) groups excluding carboxylic acids is 1. The highest BCUT2D eigenvalue weighted by Crippen LogP contribution is 2.35. The summed E-state index contributed by atoms with van der Waals surface area (Å²) in [6.45, 7) is 11.2. The molecule has 0 radical (unpaired) electrons. The average molecular weight is 455 g/mol. The molecule has 2 heterocycles. The Hall–Kier alpha value is -4.91. The van der Waals surface area contributed by atoms with Gasteiger partial charge in [0.2, 0.25) is 5.70 Å². The summed E-state index contributed by atoms with van der Waals surface area (Å²) in [7, 11) is 1.47. The predicted molar refractivity (Wildman–Crippen MR) is 128 cm³/mol. The minimum Gasteiger partial charge on any atom is -0.504 e. The van der Waals surface area contributed by atoms with E-state index in [9.17, 15) is 9.90 Å². The Bertz CT molecular complexity index is 1420. The van der Waals surface area contributed by atoms with Crippen molar-refractivity contribution in [1.82, 2.24) is 19.7 Å². The number of aromatic nitrogens is 4. The Morgan fingerprint density at radius 2 is 2.03 bits per heavy atom. The van der Waals surface area contributed by atoms with Gasteiger partial charge in [-0.05, 0) is 30.3 Å². The van der Waals surface area contributed by atoms with Crippen LogP contribution in [0, 0.1) is 6.57 Å². The van der Waals surface area contributed by atoms with Gasteiger partial charge in [-0.15, -0.1) is 0 Å². The van der Waals surface area contributed by atoms with Gasteiger partial charge in [-0.3, -0.25) is 4.79 Å². The monoisotopic (exact) mass is 455 g/mol. The maximum absolute atomic E-state index is 12.8. The lowest BCUT2D eigenvalue weighted by Gasteiger charge is -2.22. The summed E-state index contributed by atoms with van der Waals surface area (Å²) in [4.78, 5) is 25.9. The molecule has 34 heavy (non-hydrogen) atoms. The SMILES string of the molecule is [C-]#[N+]C(=C)C(=O)N(CCn1nc(-c2ccc(OC)c(O)c2)c2c(N)ncnc21)c1ccccc1. The van der Waals surface area contributed by atoms with E-state index in [0.717, 1.165) is 0 Å². The first-order valence-electron chi connectivity index (χ1n) is 10.2. The smallest absolute Gasteiger partial charge is 0.256 e. The molecule has 0 spiro atoms. The largest absolute Gasteiger partial charge is 0.504 e. The molecule has 3 N–H and O–H groups in total. The molecule has 2 aromatic carbocycles. The van der Waals surface area contributed by atoms with Crippen LogP contribution in [0.15, 0.2) is 67.1 Å². The van der Waals surface area contributed by atoms with Crippen LogP contribution in [0.1, 0.15) is 0 Å². The zero-order chi connectivity index (χ0) is 24.2. The molecule has 0 aliphatic rings. The summed E-state index contributed by atoms with van der Waals surface area (Å²) >= 11 is 0. The molecule has 0 unspecified atom stereocenters. The van der Waals surface area contributed by atoms with Crippen LogP contribution >= 0.6 is 0 Å². The Labute approximate surface area is 195 Å². The first kappa shape index (κ1) is 22.3. The first-order valence-corrected chi connectivity index (χ1v) is 10.2. The van der Waals surface area contributed by atoms with Gasteiger partial charge in [-0.1, -0.05) is 24.8 Å². The number of hydrogen-bond acceptors (Lipinski definition) is 7. The van der Waals surface area contributed by atoms with Crippen molar-refractivity contribution < 1.29 is 14.6 Å². The highest BCUT2D eigenvalue weighted by atomic mass is 16.5. The summed E-state index contributed by atoms with van der Waals surface area (Å²) in [6, 6.07) is 13.9. The van der Waals surface area contributed by atoms with E-state index in [0.29, 0.717) is 33.7 Å². The number of rotatable bonds is 7. The van der Waals surface area contributed by atoms with E-state index in [4.69, 9.17) is 17.0 Å². The van der Waals surface area contributed by atoms with Gasteiger partial charge >= 0.3 is 0 Å². The summed E-state index contributed by atoms with van der Waals surface area (Å²) in [5.41, 5.74) is 8.15. The molecule has 0 atom stereocenters. The van der Waals surface area contributed by atoms with Gasteiger partial charge in [-0.25, -0.2) is 19.5 Å². The van der Waals surface area contributed by atoms with Crippen molar-refractivity contribution in [3.8, 4) is 22.8 Å². The molecule has 10 nitrogen and oxygen atoms in total. The van der Waals surface area contributed by atoms with Crippen molar-refractivity contribution in [1.29, 1.82) is 0 Å². The molecular formula is C24H21N7O3. The molecule has 170 valence electrons. The van der Waals surface area contributed by atoms with Crippen molar-refractivity contribution in [2.24, 2.45) is 0 Å². The summed E-state index contributed by atoms with van der Waals surface area (Å²) < 4.78 is 6.74. The lowest BCUT2D eigenvalue weighted by Crippen LogP contribution is -2.34. The molecule has 1 amide bonds. The van der Waals surface area contributed by atoms with E-state index in [-0.39, 0.29) is 30.4 Å². The number of nitrogens with two attached hydrogens (primary N) is 1. The maximum Gasteiger partial charge on any atom is 0.256 e. The first-order chi connectivity index (χ1) is 16.4. The van der Waals surface area contributed by atoms with E-state index in [2.05, 4.69) is 26.5 Å². The molecule has 4 aromatic rings. The fourth-order valence-corrected chi connectivity index (χ4v) is 3.58. The summed E-state index contributed by atoms with van der Waals surface area (Å²) in [5, 5.41) is 15.4. The predicted octanol–water partition coefficient (Wildman–Crippen LogP) is 3.26. The minimum atomic E-state index is -0.493. The van der Waals surface area contributed by atoms with Crippen molar-refractivity contribution >= 4 is 28.4 Å². The van der Waals surface area contributed by atoms with Gasteiger partial charge in [0.1, 0.15) is 17.8 Å². The number of nitrogens with zero attached hydrogens (tertiary/aromatic N) is 6. The number of benzene rings is 2. The fraction of sp³-hybridized carbons (Fsp3) is 0.125. The second-order valence-electron chi connectivity index (χ2n) is 7.27. The number of carbonyl (C=O) groups is 1. The van der Waals surface area contributed by atoms with Crippen molar-refractivity contribution in [3.05, 3.63) is 78.6 Å². The number of ether oxygens (including phenoxy) is 1. The molecule has 4 rings (SSSR count). The Morgan fingerprint density at radius 1 is 1.26 bits per heavy atom. The van der Waals surface area contributed by atoms with Crippen LogP contribution in [0.3, 0.4) is 0 Å². The minimum absolute atomic E-state index is 0.0448. The number of hydrogen-bond donors (Lipinski definition) is 2. The van der Waals surface area contributed by atoms with E-state index in [1.54, 1.807) is 28.9 Å². The molecule has 10 heteroatoms. The fourth-order valence-electron chi connectivity index (χ4n) is 3.58. The lowest BCUT2D eigenvalue weighted by atomic mass is 10.1. The van der Waals surface area contributed by atoms with Gasteiger partial charge in [-0.2, -0.15) is 5.10 Å². The highest BCUT2D eigenvalue weighted by molar-refractivity contribution is 6.06. The summed E-state index contributed by atoms with van der Waals surface area (Å²) in [5.74, 6) is 0.0245. The standard InChI is InChI=1S/C24H21N7O3/c1-15(26-2)24(33)30(17-7-5-4-6-8-17)11-12-31-23-20(22(25)27-14-28-23)21(29-31)16-9-10-19(34-3)18(32)13-16/h4-10,13-14,32H,1,11-12H2,3H3,(H2,25,27,28). The van der Waals surface area contributed by atoms with Crippen molar-refractivity contribution in [3.63, 3.8) is 0 Å². The van der Waals surface area contributed by atoms with Gasteiger partial charge in [0, 0.05) is 17.8 Å². The second kappa shape index (κ2) is 9.30. The zero-order valence-electron chi connectivity index (χ0n) is 18.3. The average Bonchev–Trinajstić information content (AvgIpc) is 3.24. The number of fused-ring (bicyclic) bond motifs is 1. The van der Waals surface area contributed by atoms with Crippen molar-refractivity contribution in [2.75, 3.05) is 24.3 Å². The Morgan fingerprint density at radius 3 is 2.71 bits per heavy atom. The van der Waals surface area contributed by atoms with Crippen molar-refractivity contribution in [2.45, 2.75) is 6.54 Å². The quantitative estimate of drug-likeness (QED) is 0.324. The van der Waals surface area contributed by atoms with E-state index < -0.39 is 5.91 Å². The summed E-state index contributed by atoms with van der Waals surface area (Å²) in [6.07, 6.45) is 1.34. The number of para-hydroxylation sites is 1. The van der Waals surface area contributed by atoms with Crippen LogP contribution < -0.4 is 15.4 Å². The van der Waals surface area contributed by atoms with E-state index >= 15 is 0 Å². The lowest BCUT2D eigenvalue weighted by molar-refractivity contribution is -0.114. The van der Waals surface area contributed by atoms with Crippen LogP contribution in [-0.4, -0.2) is 44.4 Å². The molecule has 2 aromatic heterocycles. The Balaban J connectivity index is 1.74. The van der Waals surface area contributed by atoms with Crippen LogP contribution in [0.2, 0.25) is 0 Å². The molecule has 0 aliphatic carbocycles. The zero-order valence-corrected chi connectivity index (χ0v) is 18.3. The number of amides is 1. The number of methoxy groups -OCH3 is 1. The number of phenolic OH excluding ortho intramolecular Hbond substituents is 1. The van der Waals surface area contributed by atoms with Crippen LogP contribution in [0.25, 0.3) is 27.1 Å². The molecular weight excluding hydrogens is 434 g/mol. The third kappa shape index (κ3) is 4.10. The molecule has 0 aliphatic heterocycles. The van der Waals surface area contributed by atoms with Crippen LogP contribution in [0.5, 0.6) is 11.5 Å². The number of nitrogen functional groups attached to an aromatic ring is 1. The normalized spacial score (nSPS) is 10.6. The molecule has 0 saturated carbocycles. The Kier molecular flexibility index (Phi) is 6.09. The van der Waals surface area contributed by atoms with Gasteiger partial charge in [0.25, 0.3) is 5.91 Å². The molecule has 0 bridgehead atoms. The van der Waals surface area contributed by atoms with Crippen LogP contribution in [-0.2, 0) is 11.3 Å². The molecule has 0 saturated heterocycles. The van der Waals surface area contributed by atoms with Gasteiger partial charge < -0.3 is 20.5 Å². The third-order valence-electron chi connectivity index (χ3n) is 5.24. The number of aromatic hydroxyl groups is 1. The number of anilines is 2. The van der Waals surface area contributed by atoms with E-state index in [1.807, 2.05) is 18.2 Å². The van der Waals surface area contributed by atoms with Crippen LogP contribution in [0.4, 0.5) is 11.5 Å². The highest BCUT2D eigenvalue weighted by Gasteiger charge is 2.22. The maximum atomic E-state index is 12.8. The topological polar surface area (TPSA) is 124 Å². The number of phenols is 1. The van der Waals surface area contributed by atoms with Gasteiger partial charge in [0.15, 0.2) is 17.1 Å². The molecule has 0 fully saturated rings. The van der Waals surface area contributed by atoms with E-state index in [1.165, 1.54) is 24.4 Å². The van der Waals surface area contributed by atoms with Gasteiger partial charge in [0.05, 0.1) is 25.6 Å².